The fourth-order valence-corrected chi connectivity index (χ4v) is 4.42. The quantitative estimate of drug-likeness (QED) is 0.164. The summed E-state index contributed by atoms with van der Waals surface area (Å²) >= 11 is 0. The predicted octanol–water partition coefficient (Wildman–Crippen LogP) is 8.76. The van der Waals surface area contributed by atoms with Crippen LogP contribution in [0.15, 0.2) is 0 Å². The molecule has 0 bridgehead atoms. The molecule has 0 N–H and O–H groups in total. The van der Waals surface area contributed by atoms with Crippen LogP contribution < -0.4 is 0 Å². The summed E-state index contributed by atoms with van der Waals surface area (Å²) in [4.78, 5) is 37.6. The third kappa shape index (κ3) is 15.3. The first-order valence-electron chi connectivity index (χ1n) is 15.1. The molecule has 1 aliphatic rings. The van der Waals surface area contributed by atoms with E-state index in [9.17, 15) is 14.4 Å². The summed E-state index contributed by atoms with van der Waals surface area (Å²) in [5, 5.41) is 0. The Kier molecular flexibility index (Phi) is 14.8. The van der Waals surface area contributed by atoms with Crippen LogP contribution in [0.5, 0.6) is 0 Å². The van der Waals surface area contributed by atoms with E-state index in [1.54, 1.807) is 20.8 Å². The lowest BCUT2D eigenvalue weighted by Crippen LogP contribution is -2.44. The van der Waals surface area contributed by atoms with Gasteiger partial charge in [0.2, 0.25) is 0 Å². The van der Waals surface area contributed by atoms with Crippen molar-refractivity contribution in [3.8, 4) is 0 Å². The number of hydrogen-bond acceptors (Lipinski definition) is 7. The Morgan fingerprint density at radius 3 is 1.65 bits per heavy atom. The lowest BCUT2D eigenvalue weighted by Gasteiger charge is -2.43. The molecule has 40 heavy (non-hydrogen) atoms. The molecule has 0 amide bonds. The molecule has 236 valence electrons. The molecule has 1 rings (SSSR count). The molecular weight excluding hydrogens is 508 g/mol. The Morgan fingerprint density at radius 1 is 0.700 bits per heavy atom. The summed E-state index contributed by atoms with van der Waals surface area (Å²) in [5.41, 5.74) is -1.07. The number of rotatable bonds is 8. The summed E-state index contributed by atoms with van der Waals surface area (Å²) in [7, 11) is 0. The van der Waals surface area contributed by atoms with Crippen molar-refractivity contribution in [3.05, 3.63) is 0 Å². The second-order valence-electron chi connectivity index (χ2n) is 16.0. The molecule has 0 heterocycles. The molecule has 0 aliphatic heterocycles. The summed E-state index contributed by atoms with van der Waals surface area (Å²) in [6.45, 7) is 28.8. The van der Waals surface area contributed by atoms with E-state index in [-0.39, 0.29) is 54.4 Å². The highest BCUT2D eigenvalue weighted by atomic mass is 16.7. The molecule has 0 aromatic rings. The largest absolute Gasteiger partial charge is 0.508 e. The number of hydrogen-bond donors (Lipinski definition) is 0. The number of ether oxygens (including phenoxy) is 4. The Bertz CT molecular complexity index is 790. The molecular formula is C33H62O7. The van der Waals surface area contributed by atoms with E-state index in [4.69, 9.17) is 18.9 Å². The summed E-state index contributed by atoms with van der Waals surface area (Å²) in [5.74, 6) is -1.05. The van der Waals surface area contributed by atoms with Gasteiger partial charge in [0, 0.05) is 5.92 Å². The SMILES string of the molecule is CC(C)(C)CC(C)(C(=O)OCCOC(=O)C1CCCCC1COC(=O)OC(C)(C)C)C(C)(C)C.CCC(C)(C)C. The molecule has 7 nitrogen and oxygen atoms in total. The van der Waals surface area contributed by atoms with Crippen molar-refractivity contribution < 1.29 is 33.3 Å². The van der Waals surface area contributed by atoms with Crippen molar-refractivity contribution in [1.82, 2.24) is 0 Å². The minimum Gasteiger partial charge on any atom is -0.462 e. The Balaban J connectivity index is 0.00000227. The minimum absolute atomic E-state index is 0.0104. The highest BCUT2D eigenvalue weighted by Gasteiger charge is 2.47. The van der Waals surface area contributed by atoms with Crippen LogP contribution >= 0.6 is 0 Å². The van der Waals surface area contributed by atoms with Crippen LogP contribution in [0.4, 0.5) is 4.79 Å². The van der Waals surface area contributed by atoms with Crippen molar-refractivity contribution in [2.45, 2.75) is 141 Å². The molecule has 0 spiro atoms. The fourth-order valence-electron chi connectivity index (χ4n) is 4.42. The molecule has 0 radical (unpaired) electrons. The van der Waals surface area contributed by atoms with E-state index in [0.717, 1.165) is 19.3 Å². The van der Waals surface area contributed by atoms with Crippen molar-refractivity contribution in [3.63, 3.8) is 0 Å². The van der Waals surface area contributed by atoms with Gasteiger partial charge in [-0.15, -0.1) is 0 Å². The molecule has 1 saturated carbocycles. The van der Waals surface area contributed by atoms with Gasteiger partial charge in [-0.2, -0.15) is 0 Å². The van der Waals surface area contributed by atoms with Gasteiger partial charge in [-0.25, -0.2) is 4.79 Å². The summed E-state index contributed by atoms with van der Waals surface area (Å²) < 4.78 is 21.5. The lowest BCUT2D eigenvalue weighted by molar-refractivity contribution is -0.169. The Morgan fingerprint density at radius 2 is 1.20 bits per heavy atom. The van der Waals surface area contributed by atoms with Crippen LogP contribution in [0.1, 0.15) is 135 Å². The molecule has 0 aromatic carbocycles. The summed E-state index contributed by atoms with van der Waals surface area (Å²) in [6, 6.07) is 0. The second-order valence-corrected chi connectivity index (χ2v) is 16.0. The van der Waals surface area contributed by atoms with Crippen LogP contribution in [0.3, 0.4) is 0 Å². The van der Waals surface area contributed by atoms with E-state index < -0.39 is 17.2 Å². The second kappa shape index (κ2) is 15.4. The molecule has 1 aliphatic carbocycles. The molecule has 3 unspecified atom stereocenters. The van der Waals surface area contributed by atoms with Gasteiger partial charge in [-0.1, -0.05) is 88.5 Å². The molecule has 0 saturated heterocycles. The number of esters is 2. The lowest BCUT2D eigenvalue weighted by atomic mass is 9.61. The number of carbonyl (C=O) groups excluding carboxylic acids is 3. The van der Waals surface area contributed by atoms with E-state index in [0.29, 0.717) is 18.3 Å². The van der Waals surface area contributed by atoms with Crippen molar-refractivity contribution in [2.75, 3.05) is 19.8 Å². The zero-order chi connectivity index (χ0) is 31.6. The summed E-state index contributed by atoms with van der Waals surface area (Å²) in [6.07, 6.45) is 4.60. The average molecular weight is 571 g/mol. The first kappa shape index (κ1) is 38.2. The first-order chi connectivity index (χ1) is 17.9. The Hall–Kier alpha value is -1.79. The van der Waals surface area contributed by atoms with Gasteiger partial charge in [-0.3, -0.25) is 9.59 Å². The van der Waals surface area contributed by atoms with Crippen LogP contribution in [0, 0.1) is 33.5 Å². The monoisotopic (exact) mass is 570 g/mol. The van der Waals surface area contributed by atoms with Gasteiger partial charge >= 0.3 is 18.1 Å². The van der Waals surface area contributed by atoms with Crippen molar-refractivity contribution in [2.24, 2.45) is 33.5 Å². The zero-order valence-electron chi connectivity index (χ0n) is 28.4. The van der Waals surface area contributed by atoms with Crippen LogP contribution in [-0.2, 0) is 28.5 Å². The molecule has 7 heteroatoms. The maximum atomic E-state index is 13.0. The Labute approximate surface area is 245 Å². The van der Waals surface area contributed by atoms with Gasteiger partial charge in [-0.05, 0) is 63.2 Å². The zero-order valence-corrected chi connectivity index (χ0v) is 28.4. The topological polar surface area (TPSA) is 88.1 Å². The van der Waals surface area contributed by atoms with Crippen LogP contribution in [0.2, 0.25) is 0 Å². The average Bonchev–Trinajstić information content (AvgIpc) is 2.77. The molecule has 0 aromatic heterocycles. The maximum Gasteiger partial charge on any atom is 0.508 e. The van der Waals surface area contributed by atoms with Gasteiger partial charge in [0.25, 0.3) is 0 Å². The molecule has 3 atom stereocenters. The highest BCUT2D eigenvalue weighted by molar-refractivity contribution is 5.77. The van der Waals surface area contributed by atoms with Gasteiger partial charge in [0.1, 0.15) is 18.8 Å². The third-order valence-electron chi connectivity index (χ3n) is 7.63. The van der Waals surface area contributed by atoms with Gasteiger partial charge < -0.3 is 18.9 Å². The van der Waals surface area contributed by atoms with E-state index in [1.807, 2.05) is 27.7 Å². The minimum atomic E-state index is -0.728. The normalized spacial score (nSPS) is 19.9. The van der Waals surface area contributed by atoms with Gasteiger partial charge in [0.05, 0.1) is 17.9 Å². The van der Waals surface area contributed by atoms with E-state index in [2.05, 4.69) is 48.5 Å². The van der Waals surface area contributed by atoms with Gasteiger partial charge in [0.15, 0.2) is 0 Å². The highest BCUT2D eigenvalue weighted by Crippen LogP contribution is 2.47. The number of carbonyl (C=O) groups is 3. The smallest absolute Gasteiger partial charge is 0.462 e. The van der Waals surface area contributed by atoms with Crippen molar-refractivity contribution in [1.29, 1.82) is 0 Å². The van der Waals surface area contributed by atoms with Crippen LogP contribution in [0.25, 0.3) is 0 Å². The van der Waals surface area contributed by atoms with Crippen LogP contribution in [-0.4, -0.2) is 43.5 Å². The first-order valence-corrected chi connectivity index (χ1v) is 15.1. The maximum absolute atomic E-state index is 13.0. The third-order valence-corrected chi connectivity index (χ3v) is 7.63. The predicted molar refractivity (Wildman–Crippen MR) is 161 cm³/mol. The van der Waals surface area contributed by atoms with Crippen molar-refractivity contribution >= 4 is 18.1 Å². The fraction of sp³-hybridized carbons (Fsp3) is 0.909. The van der Waals surface area contributed by atoms with E-state index >= 15 is 0 Å². The molecule has 1 fully saturated rings. The van der Waals surface area contributed by atoms with E-state index in [1.165, 1.54) is 6.42 Å². The standard InChI is InChI=1S/C27H48O7.C6H14/c1-24(2,3)18-27(10,25(4,5)6)22(29)32-16-15-31-21(28)20-14-12-11-13-19(20)17-33-23(30)34-26(7,8)9;1-5-6(2,3)4/h19-20H,11-18H2,1-10H3;5H2,1-4H3.